The summed E-state index contributed by atoms with van der Waals surface area (Å²) in [5.41, 5.74) is -0.000588. The van der Waals surface area contributed by atoms with Gasteiger partial charge in [0.25, 0.3) is 5.92 Å². The van der Waals surface area contributed by atoms with Crippen molar-refractivity contribution in [2.75, 3.05) is 37.6 Å². The number of piperazine rings is 1. The zero-order valence-corrected chi connectivity index (χ0v) is 21.5. The molecule has 0 aromatic carbocycles. The SMILES string of the molecule is CCCC(F)(F)c1cnc2c(c1)N(C(=O)CN1CCN(C(=O)OC(C)(C)C)C(C)C1)CC2(C)C. The van der Waals surface area contributed by atoms with Crippen LogP contribution in [0.1, 0.15) is 72.6 Å². The van der Waals surface area contributed by atoms with Gasteiger partial charge in [0.15, 0.2) is 0 Å². The average Bonchev–Trinajstić information content (AvgIpc) is 2.97. The Morgan fingerprint density at radius 3 is 2.50 bits per heavy atom. The minimum atomic E-state index is -2.98. The lowest BCUT2D eigenvalue weighted by Gasteiger charge is -2.40. The van der Waals surface area contributed by atoms with E-state index in [1.165, 1.54) is 12.3 Å². The molecule has 1 unspecified atom stereocenters. The molecule has 0 spiro atoms. The largest absolute Gasteiger partial charge is 0.444 e. The van der Waals surface area contributed by atoms with Gasteiger partial charge in [0, 0.05) is 55.8 Å². The number of aromatic nitrogens is 1. The van der Waals surface area contributed by atoms with Gasteiger partial charge in [-0.05, 0) is 33.8 Å². The number of rotatable bonds is 5. The predicted octanol–water partition coefficient (Wildman–Crippen LogP) is 4.54. The van der Waals surface area contributed by atoms with E-state index in [1.807, 2.05) is 46.4 Å². The summed E-state index contributed by atoms with van der Waals surface area (Å²) in [4.78, 5) is 35.4. The second-order valence-corrected chi connectivity index (χ2v) is 11.2. The van der Waals surface area contributed by atoms with Crippen molar-refractivity contribution in [2.24, 2.45) is 0 Å². The maximum atomic E-state index is 14.6. The van der Waals surface area contributed by atoms with E-state index in [1.54, 1.807) is 16.7 Å². The molecule has 190 valence electrons. The normalized spacial score (nSPS) is 20.9. The summed E-state index contributed by atoms with van der Waals surface area (Å²) in [7, 11) is 0. The van der Waals surface area contributed by atoms with E-state index in [4.69, 9.17) is 4.74 Å². The molecule has 2 amide bonds. The van der Waals surface area contributed by atoms with Crippen LogP contribution in [0.3, 0.4) is 0 Å². The molecule has 1 saturated heterocycles. The monoisotopic (exact) mass is 480 g/mol. The molecule has 1 aromatic heterocycles. The lowest BCUT2D eigenvalue weighted by Crippen LogP contribution is -2.56. The number of halogens is 2. The summed E-state index contributed by atoms with van der Waals surface area (Å²) in [6.07, 6.45) is 0.991. The van der Waals surface area contributed by atoms with E-state index < -0.39 is 16.9 Å². The van der Waals surface area contributed by atoms with Crippen LogP contribution in [0.2, 0.25) is 0 Å². The van der Waals surface area contributed by atoms with Gasteiger partial charge in [-0.15, -0.1) is 0 Å². The molecule has 1 aromatic rings. The second kappa shape index (κ2) is 9.40. The number of alkyl halides is 2. The standard InChI is InChI=1S/C25H38F2N4O3/c1-8-9-25(26,27)18-12-19-21(28-13-18)24(6,7)16-31(19)20(32)15-29-10-11-30(17(2)14-29)22(33)34-23(3,4)5/h12-13,17H,8-11,14-16H2,1-7H3. The topological polar surface area (TPSA) is 66.0 Å². The number of hydrogen-bond acceptors (Lipinski definition) is 5. The molecule has 7 nitrogen and oxygen atoms in total. The fourth-order valence-electron chi connectivity index (χ4n) is 4.66. The molecule has 2 aliphatic heterocycles. The van der Waals surface area contributed by atoms with Gasteiger partial charge in [0.05, 0.1) is 17.9 Å². The van der Waals surface area contributed by atoms with E-state index in [0.29, 0.717) is 44.0 Å². The highest BCUT2D eigenvalue weighted by Crippen LogP contribution is 2.42. The number of fused-ring (bicyclic) bond motifs is 1. The van der Waals surface area contributed by atoms with Crippen LogP contribution in [-0.4, -0.2) is 71.2 Å². The van der Waals surface area contributed by atoms with E-state index >= 15 is 0 Å². The first-order valence-corrected chi connectivity index (χ1v) is 12.1. The molecule has 34 heavy (non-hydrogen) atoms. The van der Waals surface area contributed by atoms with Gasteiger partial charge in [-0.25, -0.2) is 13.6 Å². The second-order valence-electron chi connectivity index (χ2n) is 11.2. The van der Waals surface area contributed by atoms with Crippen molar-refractivity contribution in [3.05, 3.63) is 23.5 Å². The Bertz CT molecular complexity index is 929. The van der Waals surface area contributed by atoms with Crippen LogP contribution in [0.4, 0.5) is 19.3 Å². The van der Waals surface area contributed by atoms with Gasteiger partial charge in [-0.1, -0.05) is 27.2 Å². The summed E-state index contributed by atoms with van der Waals surface area (Å²) in [5.74, 6) is -3.13. The molecule has 0 aliphatic carbocycles. The first-order valence-electron chi connectivity index (χ1n) is 12.1. The van der Waals surface area contributed by atoms with Gasteiger partial charge in [0.1, 0.15) is 5.60 Å². The van der Waals surface area contributed by atoms with Gasteiger partial charge >= 0.3 is 6.09 Å². The van der Waals surface area contributed by atoms with Crippen LogP contribution in [0, 0.1) is 0 Å². The van der Waals surface area contributed by atoms with Crippen LogP contribution in [0.5, 0.6) is 0 Å². The number of hydrogen-bond donors (Lipinski definition) is 0. The summed E-state index contributed by atoms with van der Waals surface area (Å²) in [5, 5.41) is 0. The number of carbonyl (C=O) groups excluding carboxylic acids is 2. The van der Waals surface area contributed by atoms with Gasteiger partial charge in [-0.3, -0.25) is 14.7 Å². The quantitative estimate of drug-likeness (QED) is 0.619. The van der Waals surface area contributed by atoms with Crippen LogP contribution in [-0.2, 0) is 20.9 Å². The van der Waals surface area contributed by atoms with Gasteiger partial charge in [0.2, 0.25) is 5.91 Å². The number of anilines is 1. The molecule has 9 heteroatoms. The van der Waals surface area contributed by atoms with Crippen LogP contribution < -0.4 is 4.90 Å². The molecule has 0 saturated carbocycles. The molecule has 3 rings (SSSR count). The third kappa shape index (κ3) is 5.67. The number of carbonyl (C=O) groups is 2. The summed E-state index contributed by atoms with van der Waals surface area (Å²) in [6.45, 7) is 15.2. The lowest BCUT2D eigenvalue weighted by atomic mass is 9.91. The van der Waals surface area contributed by atoms with Gasteiger partial charge < -0.3 is 14.5 Å². The third-order valence-electron chi connectivity index (χ3n) is 6.34. The fraction of sp³-hybridized carbons (Fsp3) is 0.720. The van der Waals surface area contributed by atoms with Crippen molar-refractivity contribution in [3.8, 4) is 0 Å². The average molecular weight is 481 g/mol. The Morgan fingerprint density at radius 2 is 1.91 bits per heavy atom. The first kappa shape index (κ1) is 26.3. The van der Waals surface area contributed by atoms with Crippen LogP contribution >= 0.6 is 0 Å². The van der Waals surface area contributed by atoms with E-state index in [2.05, 4.69) is 4.98 Å². The van der Waals surface area contributed by atoms with Crippen molar-refractivity contribution < 1.29 is 23.1 Å². The van der Waals surface area contributed by atoms with Crippen molar-refractivity contribution >= 4 is 17.7 Å². The zero-order valence-electron chi connectivity index (χ0n) is 21.5. The Hall–Kier alpha value is -2.29. The third-order valence-corrected chi connectivity index (χ3v) is 6.34. The number of nitrogens with zero attached hydrogens (tertiary/aromatic N) is 4. The van der Waals surface area contributed by atoms with Crippen molar-refractivity contribution in [2.45, 2.75) is 84.3 Å². The molecule has 3 heterocycles. The Morgan fingerprint density at radius 1 is 1.24 bits per heavy atom. The van der Waals surface area contributed by atoms with E-state index in [9.17, 15) is 18.4 Å². The van der Waals surface area contributed by atoms with Crippen molar-refractivity contribution in [1.82, 2.24) is 14.8 Å². The van der Waals surface area contributed by atoms with Crippen LogP contribution in [0.15, 0.2) is 12.3 Å². The number of amides is 2. The smallest absolute Gasteiger partial charge is 0.410 e. The first-order chi connectivity index (χ1) is 15.6. The molecule has 0 bridgehead atoms. The lowest BCUT2D eigenvalue weighted by molar-refractivity contribution is -0.120. The molecular formula is C25H38F2N4O3. The van der Waals surface area contributed by atoms with Gasteiger partial charge in [-0.2, -0.15) is 0 Å². The maximum absolute atomic E-state index is 14.6. The fourth-order valence-corrected chi connectivity index (χ4v) is 4.66. The summed E-state index contributed by atoms with van der Waals surface area (Å²) < 4.78 is 34.6. The Balaban J connectivity index is 1.72. The maximum Gasteiger partial charge on any atom is 0.410 e. The van der Waals surface area contributed by atoms with E-state index in [0.717, 1.165) is 0 Å². The molecule has 0 radical (unpaired) electrons. The highest BCUT2D eigenvalue weighted by molar-refractivity contribution is 5.97. The van der Waals surface area contributed by atoms with Crippen molar-refractivity contribution in [3.63, 3.8) is 0 Å². The zero-order chi connectivity index (χ0) is 25.5. The molecule has 1 fully saturated rings. The molecule has 2 aliphatic rings. The number of pyridine rings is 1. The van der Waals surface area contributed by atoms with E-state index in [-0.39, 0.29) is 36.6 Å². The molecular weight excluding hydrogens is 442 g/mol. The minimum Gasteiger partial charge on any atom is -0.444 e. The Labute approximate surface area is 201 Å². The minimum absolute atomic E-state index is 0.111. The predicted molar refractivity (Wildman–Crippen MR) is 127 cm³/mol. The van der Waals surface area contributed by atoms with Crippen molar-refractivity contribution in [1.29, 1.82) is 0 Å². The molecule has 1 atom stereocenters. The highest BCUT2D eigenvalue weighted by atomic mass is 19.3. The molecule has 0 N–H and O–H groups in total. The highest BCUT2D eigenvalue weighted by Gasteiger charge is 2.42. The Kier molecular flexibility index (Phi) is 7.27. The van der Waals surface area contributed by atoms with Crippen LogP contribution in [0.25, 0.3) is 0 Å². The summed E-state index contributed by atoms with van der Waals surface area (Å²) in [6, 6.07) is 1.33. The summed E-state index contributed by atoms with van der Waals surface area (Å²) >= 11 is 0. The number of ether oxygens (including phenoxy) is 1.